The molecule has 0 bridgehead atoms. The highest BCUT2D eigenvalue weighted by atomic mass is 35.5. The number of hydrogen-bond donors (Lipinski definition) is 2. The molecule has 0 aliphatic rings. The zero-order chi connectivity index (χ0) is 19.6. The normalized spacial score (nSPS) is 11.1. The molecule has 6 nitrogen and oxygen atoms in total. The van der Waals surface area contributed by atoms with Gasteiger partial charge in [0.2, 0.25) is 0 Å². The standard InChI is InChI=1S/C18H13Cl3N4O2/c1-27-12-7-6-9-4-2-3-5-10(9)11(12)8-23-25-18(26)16-13(19)15(22)14(20)17(21)24-16/h2-8H,1H3,(H2,22,24)(H,25,26)/b23-8+. The molecule has 138 valence electrons. The Balaban J connectivity index is 1.91. The number of hydrogen-bond acceptors (Lipinski definition) is 5. The Kier molecular flexibility index (Phi) is 5.70. The monoisotopic (exact) mass is 422 g/mol. The Morgan fingerprint density at radius 3 is 2.67 bits per heavy atom. The van der Waals surface area contributed by atoms with Gasteiger partial charge in [0.15, 0.2) is 10.8 Å². The Bertz CT molecular complexity index is 1070. The van der Waals surface area contributed by atoms with E-state index >= 15 is 0 Å². The molecule has 0 radical (unpaired) electrons. The van der Waals surface area contributed by atoms with E-state index in [1.165, 1.54) is 6.21 Å². The fourth-order valence-electron chi connectivity index (χ4n) is 2.48. The minimum absolute atomic E-state index is 0.0118. The maximum absolute atomic E-state index is 12.3. The van der Waals surface area contributed by atoms with Crippen molar-refractivity contribution in [2.75, 3.05) is 12.8 Å². The van der Waals surface area contributed by atoms with E-state index in [4.69, 9.17) is 45.3 Å². The summed E-state index contributed by atoms with van der Waals surface area (Å²) in [5, 5.41) is 5.68. The van der Waals surface area contributed by atoms with Gasteiger partial charge < -0.3 is 10.5 Å². The molecule has 0 saturated carbocycles. The van der Waals surface area contributed by atoms with Gasteiger partial charge in [-0.05, 0) is 16.8 Å². The topological polar surface area (TPSA) is 89.6 Å². The van der Waals surface area contributed by atoms with Crippen LogP contribution in [0.5, 0.6) is 5.75 Å². The molecule has 0 spiro atoms. The van der Waals surface area contributed by atoms with Gasteiger partial charge in [-0.1, -0.05) is 65.1 Å². The molecule has 3 aromatic rings. The average Bonchev–Trinajstić information content (AvgIpc) is 2.69. The van der Waals surface area contributed by atoms with E-state index in [-0.39, 0.29) is 26.6 Å². The third-order valence-electron chi connectivity index (χ3n) is 3.80. The number of anilines is 1. The lowest BCUT2D eigenvalue weighted by Crippen LogP contribution is -2.20. The quantitative estimate of drug-likeness (QED) is 0.366. The van der Waals surface area contributed by atoms with Gasteiger partial charge in [-0.25, -0.2) is 10.4 Å². The van der Waals surface area contributed by atoms with Crippen molar-refractivity contribution in [3.8, 4) is 5.75 Å². The molecular weight excluding hydrogens is 411 g/mol. The van der Waals surface area contributed by atoms with Crippen molar-refractivity contribution in [3.63, 3.8) is 0 Å². The fourth-order valence-corrected chi connectivity index (χ4v) is 3.07. The van der Waals surface area contributed by atoms with Crippen LogP contribution in [0.4, 0.5) is 5.69 Å². The predicted molar refractivity (Wildman–Crippen MR) is 109 cm³/mol. The number of nitrogens with one attached hydrogen (secondary N) is 1. The number of ether oxygens (including phenoxy) is 1. The highest BCUT2D eigenvalue weighted by Gasteiger charge is 2.19. The minimum atomic E-state index is -0.680. The van der Waals surface area contributed by atoms with Gasteiger partial charge in [-0.2, -0.15) is 5.10 Å². The van der Waals surface area contributed by atoms with Gasteiger partial charge in [0, 0.05) is 5.56 Å². The number of nitrogen functional groups attached to an aromatic ring is 1. The van der Waals surface area contributed by atoms with Crippen LogP contribution < -0.4 is 15.9 Å². The highest BCUT2D eigenvalue weighted by molar-refractivity contribution is 6.46. The highest BCUT2D eigenvalue weighted by Crippen LogP contribution is 2.34. The van der Waals surface area contributed by atoms with Crippen molar-refractivity contribution in [1.82, 2.24) is 10.4 Å². The van der Waals surface area contributed by atoms with Crippen LogP contribution in [0.3, 0.4) is 0 Å². The molecule has 3 N–H and O–H groups in total. The van der Waals surface area contributed by atoms with E-state index in [1.54, 1.807) is 7.11 Å². The number of rotatable bonds is 4. The average molecular weight is 424 g/mol. The van der Waals surface area contributed by atoms with Crippen LogP contribution in [0.1, 0.15) is 16.1 Å². The van der Waals surface area contributed by atoms with Gasteiger partial charge in [0.25, 0.3) is 5.91 Å². The largest absolute Gasteiger partial charge is 0.496 e. The van der Waals surface area contributed by atoms with E-state index in [2.05, 4.69) is 15.5 Å². The van der Waals surface area contributed by atoms with Crippen LogP contribution in [0.15, 0.2) is 41.5 Å². The molecule has 9 heteroatoms. The van der Waals surface area contributed by atoms with Crippen molar-refractivity contribution in [2.45, 2.75) is 0 Å². The second-order valence-corrected chi connectivity index (χ2v) is 6.51. The van der Waals surface area contributed by atoms with Crippen molar-refractivity contribution in [1.29, 1.82) is 0 Å². The Morgan fingerprint density at radius 1 is 1.19 bits per heavy atom. The zero-order valence-electron chi connectivity index (χ0n) is 14.0. The number of hydrazone groups is 1. The Morgan fingerprint density at radius 2 is 1.93 bits per heavy atom. The van der Waals surface area contributed by atoms with Crippen LogP contribution in [0.25, 0.3) is 10.8 Å². The van der Waals surface area contributed by atoms with Gasteiger partial charge in [-0.15, -0.1) is 0 Å². The van der Waals surface area contributed by atoms with Crippen molar-refractivity contribution in [3.05, 3.63) is 62.9 Å². The smallest absolute Gasteiger partial charge is 0.291 e. The number of aromatic nitrogens is 1. The molecular formula is C18H13Cl3N4O2. The summed E-state index contributed by atoms with van der Waals surface area (Å²) in [5.41, 5.74) is 8.58. The summed E-state index contributed by atoms with van der Waals surface area (Å²) in [4.78, 5) is 16.2. The Hall–Kier alpha value is -2.54. The second kappa shape index (κ2) is 8.00. The summed E-state index contributed by atoms with van der Waals surface area (Å²) in [6.45, 7) is 0. The van der Waals surface area contributed by atoms with E-state index in [9.17, 15) is 4.79 Å². The van der Waals surface area contributed by atoms with Crippen LogP contribution in [0, 0.1) is 0 Å². The first-order chi connectivity index (χ1) is 12.9. The number of halogens is 3. The van der Waals surface area contributed by atoms with Gasteiger partial charge in [0.05, 0.1) is 24.0 Å². The summed E-state index contributed by atoms with van der Waals surface area (Å²) in [5.74, 6) is -0.0673. The molecule has 0 fully saturated rings. The molecule has 1 heterocycles. The van der Waals surface area contributed by atoms with Crippen LogP contribution in [-0.4, -0.2) is 24.2 Å². The lowest BCUT2D eigenvalue weighted by molar-refractivity contribution is 0.0950. The number of nitrogens with zero attached hydrogens (tertiary/aromatic N) is 2. The van der Waals surface area contributed by atoms with Crippen molar-refractivity contribution in [2.24, 2.45) is 5.10 Å². The minimum Gasteiger partial charge on any atom is -0.496 e. The van der Waals surface area contributed by atoms with Crippen LogP contribution in [-0.2, 0) is 0 Å². The third-order valence-corrected chi connectivity index (χ3v) is 4.93. The fraction of sp³-hybridized carbons (Fsp3) is 0.0556. The molecule has 0 atom stereocenters. The van der Waals surface area contributed by atoms with E-state index in [0.29, 0.717) is 11.3 Å². The number of benzene rings is 2. The number of carbonyl (C=O) groups is 1. The number of fused-ring (bicyclic) bond motifs is 1. The Labute approximate surface area is 169 Å². The van der Waals surface area contributed by atoms with Gasteiger partial charge in [-0.3, -0.25) is 4.79 Å². The molecule has 3 rings (SSSR count). The van der Waals surface area contributed by atoms with Crippen molar-refractivity contribution < 1.29 is 9.53 Å². The lowest BCUT2D eigenvalue weighted by Gasteiger charge is -2.09. The summed E-state index contributed by atoms with van der Waals surface area (Å²) < 4.78 is 5.37. The van der Waals surface area contributed by atoms with E-state index < -0.39 is 5.91 Å². The summed E-state index contributed by atoms with van der Waals surface area (Å²) in [6, 6.07) is 11.5. The first-order valence-electron chi connectivity index (χ1n) is 7.63. The first kappa shape index (κ1) is 19.2. The second-order valence-electron chi connectivity index (χ2n) is 5.39. The van der Waals surface area contributed by atoms with E-state index in [0.717, 1.165) is 10.8 Å². The predicted octanol–water partition coefficient (Wildman–Crippen LogP) is 4.55. The number of pyridine rings is 1. The van der Waals surface area contributed by atoms with E-state index in [1.807, 2.05) is 36.4 Å². The zero-order valence-corrected chi connectivity index (χ0v) is 16.2. The molecule has 2 aromatic carbocycles. The number of nitrogens with two attached hydrogens (primary N) is 1. The third kappa shape index (κ3) is 3.78. The summed E-state index contributed by atoms with van der Waals surface area (Å²) >= 11 is 17.7. The molecule has 27 heavy (non-hydrogen) atoms. The number of carbonyl (C=O) groups excluding carboxylic acids is 1. The SMILES string of the molecule is COc1ccc2ccccc2c1/C=N/NC(=O)c1nc(Cl)c(Cl)c(N)c1Cl. The van der Waals surface area contributed by atoms with Gasteiger partial charge in [0.1, 0.15) is 10.8 Å². The maximum Gasteiger partial charge on any atom is 0.291 e. The molecule has 0 saturated heterocycles. The molecule has 0 unspecified atom stereocenters. The van der Waals surface area contributed by atoms with Gasteiger partial charge >= 0.3 is 0 Å². The van der Waals surface area contributed by atoms with Crippen molar-refractivity contribution >= 4 is 63.4 Å². The molecule has 0 aliphatic heterocycles. The lowest BCUT2D eigenvalue weighted by atomic mass is 10.0. The first-order valence-corrected chi connectivity index (χ1v) is 8.76. The maximum atomic E-state index is 12.3. The number of methoxy groups -OCH3 is 1. The summed E-state index contributed by atoms with van der Waals surface area (Å²) in [6.07, 6.45) is 1.48. The van der Waals surface area contributed by atoms with Crippen LogP contribution >= 0.6 is 34.8 Å². The molecule has 1 aromatic heterocycles. The molecule has 0 aliphatic carbocycles. The van der Waals surface area contributed by atoms with Crippen LogP contribution in [0.2, 0.25) is 15.2 Å². The molecule has 1 amide bonds. The number of amides is 1. The summed E-state index contributed by atoms with van der Waals surface area (Å²) in [7, 11) is 1.56.